The van der Waals surface area contributed by atoms with Crippen molar-refractivity contribution in [3.8, 4) is 0 Å². The maximum atomic E-state index is 5.66. The van der Waals surface area contributed by atoms with E-state index in [1.54, 1.807) is 0 Å². The second-order valence-electron chi connectivity index (χ2n) is 4.37. The average molecular weight is 168 g/mol. The van der Waals surface area contributed by atoms with Crippen LogP contribution >= 0.6 is 0 Å². The van der Waals surface area contributed by atoms with E-state index in [-0.39, 0.29) is 0 Å². The summed E-state index contributed by atoms with van der Waals surface area (Å²) in [4.78, 5) is 0. The van der Waals surface area contributed by atoms with E-state index in [1.807, 2.05) is 0 Å². The molecule has 0 unspecified atom stereocenters. The summed E-state index contributed by atoms with van der Waals surface area (Å²) < 4.78 is 5.66. The molecule has 1 atom stereocenters. The van der Waals surface area contributed by atoms with Crippen molar-refractivity contribution in [1.29, 1.82) is 0 Å². The second-order valence-corrected chi connectivity index (χ2v) is 4.37. The monoisotopic (exact) mass is 168 g/mol. The van der Waals surface area contributed by atoms with Gasteiger partial charge in [0, 0.05) is 6.61 Å². The Bertz CT molecular complexity index is 121. The van der Waals surface area contributed by atoms with Crippen molar-refractivity contribution in [2.45, 2.75) is 57.5 Å². The summed E-state index contributed by atoms with van der Waals surface area (Å²) in [6, 6.07) is 0. The molecule has 0 aromatic rings. The standard InChI is InChI=1S/C11H20O/c1-2-5-10(6-3-1)9-11-7-4-8-12-11/h10-11H,1-9H2/t11-/m1/s1. The van der Waals surface area contributed by atoms with E-state index < -0.39 is 0 Å². The highest BCUT2D eigenvalue weighted by atomic mass is 16.5. The van der Waals surface area contributed by atoms with E-state index >= 15 is 0 Å². The maximum Gasteiger partial charge on any atom is 0.0578 e. The third-order valence-corrected chi connectivity index (χ3v) is 3.34. The van der Waals surface area contributed by atoms with E-state index in [1.165, 1.54) is 51.4 Å². The molecule has 0 aromatic heterocycles. The Morgan fingerprint density at radius 3 is 2.42 bits per heavy atom. The van der Waals surface area contributed by atoms with Gasteiger partial charge in [-0.25, -0.2) is 0 Å². The van der Waals surface area contributed by atoms with Gasteiger partial charge in [-0.3, -0.25) is 0 Å². The third-order valence-electron chi connectivity index (χ3n) is 3.34. The Hall–Kier alpha value is -0.0400. The van der Waals surface area contributed by atoms with Crippen molar-refractivity contribution in [3.63, 3.8) is 0 Å². The largest absolute Gasteiger partial charge is 0.378 e. The molecule has 1 saturated carbocycles. The minimum Gasteiger partial charge on any atom is -0.378 e. The topological polar surface area (TPSA) is 9.23 Å². The molecule has 0 spiro atoms. The van der Waals surface area contributed by atoms with Crippen molar-refractivity contribution in [2.75, 3.05) is 6.61 Å². The molecule has 0 aromatic carbocycles. The number of ether oxygens (including phenoxy) is 1. The highest BCUT2D eigenvalue weighted by molar-refractivity contribution is 4.73. The van der Waals surface area contributed by atoms with Gasteiger partial charge in [0.15, 0.2) is 0 Å². The summed E-state index contributed by atoms with van der Waals surface area (Å²) >= 11 is 0. The van der Waals surface area contributed by atoms with Crippen LogP contribution in [0.25, 0.3) is 0 Å². The summed E-state index contributed by atoms with van der Waals surface area (Å²) in [6.07, 6.45) is 12.0. The van der Waals surface area contributed by atoms with Gasteiger partial charge in [0.2, 0.25) is 0 Å². The predicted molar refractivity (Wildman–Crippen MR) is 50.2 cm³/mol. The molecule has 1 saturated heterocycles. The van der Waals surface area contributed by atoms with E-state index in [4.69, 9.17) is 4.74 Å². The minimum atomic E-state index is 0.632. The van der Waals surface area contributed by atoms with E-state index in [0.717, 1.165) is 12.5 Å². The van der Waals surface area contributed by atoms with Gasteiger partial charge >= 0.3 is 0 Å². The molecular formula is C11H20O. The number of hydrogen-bond donors (Lipinski definition) is 0. The lowest BCUT2D eigenvalue weighted by molar-refractivity contribution is 0.0831. The molecule has 0 radical (unpaired) electrons. The first-order valence-electron chi connectivity index (χ1n) is 5.57. The first-order chi connectivity index (χ1) is 5.95. The fraction of sp³-hybridized carbons (Fsp3) is 1.00. The van der Waals surface area contributed by atoms with Crippen LogP contribution < -0.4 is 0 Å². The molecule has 0 N–H and O–H groups in total. The van der Waals surface area contributed by atoms with Crippen LogP contribution in [-0.2, 0) is 4.74 Å². The minimum absolute atomic E-state index is 0.632. The average Bonchev–Trinajstić information content (AvgIpc) is 2.59. The number of rotatable bonds is 2. The van der Waals surface area contributed by atoms with Gasteiger partial charge < -0.3 is 4.74 Å². The molecule has 70 valence electrons. The van der Waals surface area contributed by atoms with Gasteiger partial charge in [0.05, 0.1) is 6.10 Å². The molecule has 2 rings (SSSR count). The van der Waals surface area contributed by atoms with Crippen molar-refractivity contribution in [2.24, 2.45) is 5.92 Å². The molecule has 1 heteroatoms. The zero-order valence-corrected chi connectivity index (χ0v) is 7.93. The molecule has 1 aliphatic carbocycles. The first kappa shape index (κ1) is 8.55. The predicted octanol–water partition coefficient (Wildman–Crippen LogP) is 3.14. The van der Waals surface area contributed by atoms with Crippen LogP contribution in [0.1, 0.15) is 51.4 Å². The summed E-state index contributed by atoms with van der Waals surface area (Å²) in [7, 11) is 0. The second kappa shape index (κ2) is 4.27. The van der Waals surface area contributed by atoms with E-state index in [0.29, 0.717) is 6.10 Å². The zero-order chi connectivity index (χ0) is 8.23. The van der Waals surface area contributed by atoms with Gasteiger partial charge in [-0.05, 0) is 25.2 Å². The SMILES string of the molecule is C1CCC(C[C@H]2CCCO2)CC1. The van der Waals surface area contributed by atoms with Gasteiger partial charge in [0.25, 0.3) is 0 Å². The first-order valence-corrected chi connectivity index (χ1v) is 5.57. The van der Waals surface area contributed by atoms with Crippen LogP contribution in [0.5, 0.6) is 0 Å². The molecule has 2 aliphatic rings. The van der Waals surface area contributed by atoms with Crippen molar-refractivity contribution in [3.05, 3.63) is 0 Å². The quantitative estimate of drug-likeness (QED) is 0.615. The van der Waals surface area contributed by atoms with Crippen molar-refractivity contribution >= 4 is 0 Å². The fourth-order valence-corrected chi connectivity index (χ4v) is 2.62. The van der Waals surface area contributed by atoms with Crippen molar-refractivity contribution < 1.29 is 4.74 Å². The Morgan fingerprint density at radius 2 is 1.75 bits per heavy atom. The van der Waals surface area contributed by atoms with Crippen LogP contribution in [0.4, 0.5) is 0 Å². The Labute approximate surface area is 75.5 Å². The Morgan fingerprint density at radius 1 is 0.917 bits per heavy atom. The van der Waals surface area contributed by atoms with Crippen LogP contribution in [0, 0.1) is 5.92 Å². The van der Waals surface area contributed by atoms with Crippen LogP contribution in [-0.4, -0.2) is 12.7 Å². The normalized spacial score (nSPS) is 32.5. The third kappa shape index (κ3) is 2.22. The highest BCUT2D eigenvalue weighted by Crippen LogP contribution is 2.30. The molecule has 1 heterocycles. The summed E-state index contributed by atoms with van der Waals surface area (Å²) in [5.41, 5.74) is 0. The molecule has 12 heavy (non-hydrogen) atoms. The van der Waals surface area contributed by atoms with Crippen LogP contribution in [0.15, 0.2) is 0 Å². The Balaban J connectivity index is 1.69. The lowest BCUT2D eigenvalue weighted by Crippen LogP contribution is -2.15. The zero-order valence-electron chi connectivity index (χ0n) is 7.93. The van der Waals surface area contributed by atoms with E-state index in [9.17, 15) is 0 Å². The van der Waals surface area contributed by atoms with Crippen LogP contribution in [0.2, 0.25) is 0 Å². The van der Waals surface area contributed by atoms with Crippen molar-refractivity contribution in [1.82, 2.24) is 0 Å². The van der Waals surface area contributed by atoms with Gasteiger partial charge in [0.1, 0.15) is 0 Å². The lowest BCUT2D eigenvalue weighted by Gasteiger charge is -2.23. The summed E-state index contributed by atoms with van der Waals surface area (Å²) in [5.74, 6) is 1.00. The lowest BCUT2D eigenvalue weighted by atomic mass is 9.85. The Kier molecular flexibility index (Phi) is 3.04. The van der Waals surface area contributed by atoms with Crippen LogP contribution in [0.3, 0.4) is 0 Å². The number of hydrogen-bond acceptors (Lipinski definition) is 1. The highest BCUT2D eigenvalue weighted by Gasteiger charge is 2.21. The summed E-state index contributed by atoms with van der Waals surface area (Å²) in [5, 5.41) is 0. The molecule has 0 amide bonds. The molecule has 0 bridgehead atoms. The molecular weight excluding hydrogens is 148 g/mol. The van der Waals surface area contributed by atoms with Gasteiger partial charge in [-0.1, -0.05) is 32.1 Å². The van der Waals surface area contributed by atoms with E-state index in [2.05, 4.69) is 0 Å². The van der Waals surface area contributed by atoms with Gasteiger partial charge in [-0.15, -0.1) is 0 Å². The molecule has 1 nitrogen and oxygen atoms in total. The van der Waals surface area contributed by atoms with Gasteiger partial charge in [-0.2, -0.15) is 0 Å². The molecule has 1 aliphatic heterocycles. The maximum absolute atomic E-state index is 5.66. The summed E-state index contributed by atoms with van der Waals surface area (Å²) in [6.45, 7) is 1.03. The smallest absolute Gasteiger partial charge is 0.0578 e. The fourth-order valence-electron chi connectivity index (χ4n) is 2.62. The molecule has 2 fully saturated rings.